The van der Waals surface area contributed by atoms with E-state index in [9.17, 15) is 14.4 Å². The van der Waals surface area contributed by atoms with E-state index >= 15 is 0 Å². The van der Waals surface area contributed by atoms with E-state index < -0.39 is 6.17 Å². The molecule has 2 aliphatic heterocycles. The van der Waals surface area contributed by atoms with Gasteiger partial charge in [0, 0.05) is 30.1 Å². The molecule has 0 spiro atoms. The Morgan fingerprint density at radius 3 is 2.43 bits per heavy atom. The van der Waals surface area contributed by atoms with Gasteiger partial charge in [0.05, 0.1) is 11.3 Å². The van der Waals surface area contributed by atoms with E-state index in [-0.39, 0.29) is 23.8 Å². The van der Waals surface area contributed by atoms with Crippen LogP contribution >= 0.6 is 0 Å². The van der Waals surface area contributed by atoms with Crippen LogP contribution in [-0.2, 0) is 4.79 Å². The monoisotopic (exact) mass is 377 g/mol. The van der Waals surface area contributed by atoms with E-state index in [0.717, 1.165) is 5.56 Å². The molecule has 1 atom stereocenters. The van der Waals surface area contributed by atoms with Gasteiger partial charge in [-0.25, -0.2) is 0 Å². The first kappa shape index (κ1) is 18.2. The highest BCUT2D eigenvalue weighted by atomic mass is 16.2. The van der Waals surface area contributed by atoms with Crippen LogP contribution in [-0.4, -0.2) is 35.2 Å². The Morgan fingerprint density at radius 2 is 1.68 bits per heavy atom. The van der Waals surface area contributed by atoms with Crippen molar-refractivity contribution in [2.45, 2.75) is 38.9 Å². The molecule has 144 valence electrons. The summed E-state index contributed by atoms with van der Waals surface area (Å²) in [5, 5.41) is 2.87. The molecule has 3 amide bonds. The van der Waals surface area contributed by atoms with Crippen molar-refractivity contribution < 1.29 is 14.4 Å². The highest BCUT2D eigenvalue weighted by Crippen LogP contribution is 2.45. The number of hydrogen-bond donors (Lipinski definition) is 1. The molecule has 0 aliphatic carbocycles. The van der Waals surface area contributed by atoms with Crippen LogP contribution in [0, 0.1) is 0 Å². The summed E-state index contributed by atoms with van der Waals surface area (Å²) >= 11 is 0. The number of nitrogens with zero attached hydrogens (tertiary/aromatic N) is 2. The Kier molecular flexibility index (Phi) is 4.63. The van der Waals surface area contributed by atoms with Crippen LogP contribution in [0.5, 0.6) is 0 Å². The number of anilines is 1. The van der Waals surface area contributed by atoms with E-state index in [4.69, 9.17) is 0 Å². The van der Waals surface area contributed by atoms with Gasteiger partial charge in [0.2, 0.25) is 5.91 Å². The first-order valence-corrected chi connectivity index (χ1v) is 9.61. The summed E-state index contributed by atoms with van der Waals surface area (Å²) in [7, 11) is 0. The molecule has 2 heterocycles. The van der Waals surface area contributed by atoms with Crippen molar-refractivity contribution >= 4 is 23.4 Å². The third-order valence-corrected chi connectivity index (χ3v) is 5.14. The van der Waals surface area contributed by atoms with Crippen LogP contribution in [0.15, 0.2) is 48.5 Å². The van der Waals surface area contributed by atoms with Gasteiger partial charge in [-0.05, 0) is 38.5 Å². The van der Waals surface area contributed by atoms with E-state index in [0.29, 0.717) is 36.2 Å². The van der Waals surface area contributed by atoms with Gasteiger partial charge in [-0.1, -0.05) is 30.3 Å². The number of amides is 3. The minimum Gasteiger partial charge on any atom is -0.354 e. The zero-order valence-electron chi connectivity index (χ0n) is 16.0. The zero-order valence-corrected chi connectivity index (χ0v) is 16.0. The fourth-order valence-corrected chi connectivity index (χ4v) is 4.00. The maximum absolute atomic E-state index is 13.2. The molecule has 2 aromatic rings. The molecule has 0 radical (unpaired) electrons. The molecule has 1 unspecified atom stereocenters. The Balaban J connectivity index is 1.65. The standard InChI is InChI=1S/C22H23N3O3/c1-14(2)23-19(26)12-7-13-24-20-15-8-3-4-9-16(15)22(28)25(20)18-11-6-5-10-17(18)21(24)27/h3-6,8-11,14,20H,7,12-13H2,1-2H3,(H,23,26). The summed E-state index contributed by atoms with van der Waals surface area (Å²) in [6.07, 6.45) is 0.415. The minimum atomic E-state index is -0.459. The molecular formula is C22H23N3O3. The summed E-state index contributed by atoms with van der Waals surface area (Å²) in [6.45, 7) is 4.24. The van der Waals surface area contributed by atoms with Crippen LogP contribution in [0.1, 0.15) is 59.1 Å². The largest absolute Gasteiger partial charge is 0.354 e. The van der Waals surface area contributed by atoms with E-state index in [1.165, 1.54) is 0 Å². The third-order valence-electron chi connectivity index (χ3n) is 5.14. The fraction of sp³-hybridized carbons (Fsp3) is 0.318. The highest BCUT2D eigenvalue weighted by Gasteiger charge is 2.47. The van der Waals surface area contributed by atoms with E-state index in [1.807, 2.05) is 44.2 Å². The second-order valence-corrected chi connectivity index (χ2v) is 7.48. The molecule has 6 nitrogen and oxygen atoms in total. The Hall–Kier alpha value is -3.15. The molecular weight excluding hydrogens is 354 g/mol. The van der Waals surface area contributed by atoms with Gasteiger partial charge in [0.1, 0.15) is 6.17 Å². The Morgan fingerprint density at radius 1 is 1.00 bits per heavy atom. The first-order chi connectivity index (χ1) is 13.5. The number of carbonyl (C=O) groups excluding carboxylic acids is 3. The molecule has 0 fully saturated rings. The van der Waals surface area contributed by atoms with Gasteiger partial charge in [-0.3, -0.25) is 19.3 Å². The van der Waals surface area contributed by atoms with Crippen LogP contribution in [0.25, 0.3) is 0 Å². The predicted octanol–water partition coefficient (Wildman–Crippen LogP) is 3.11. The van der Waals surface area contributed by atoms with Crippen molar-refractivity contribution in [3.8, 4) is 0 Å². The SMILES string of the molecule is CC(C)NC(=O)CCCN1C(=O)c2ccccc2N2C(=O)c3ccccc3C12. The maximum atomic E-state index is 13.2. The molecule has 2 aliphatic rings. The van der Waals surface area contributed by atoms with Crippen LogP contribution in [0.4, 0.5) is 5.69 Å². The smallest absolute Gasteiger partial charge is 0.260 e. The van der Waals surface area contributed by atoms with Gasteiger partial charge in [-0.2, -0.15) is 0 Å². The molecule has 0 saturated heterocycles. The molecule has 6 heteroatoms. The van der Waals surface area contributed by atoms with Gasteiger partial charge in [-0.15, -0.1) is 0 Å². The fourth-order valence-electron chi connectivity index (χ4n) is 4.00. The van der Waals surface area contributed by atoms with Gasteiger partial charge in [0.15, 0.2) is 0 Å². The number of hydrogen-bond acceptors (Lipinski definition) is 3. The summed E-state index contributed by atoms with van der Waals surface area (Å²) < 4.78 is 0. The molecule has 0 saturated carbocycles. The van der Waals surface area contributed by atoms with E-state index in [2.05, 4.69) is 5.32 Å². The van der Waals surface area contributed by atoms with Gasteiger partial charge < -0.3 is 10.2 Å². The van der Waals surface area contributed by atoms with Gasteiger partial charge in [0.25, 0.3) is 11.8 Å². The van der Waals surface area contributed by atoms with Crippen molar-refractivity contribution in [1.82, 2.24) is 10.2 Å². The quantitative estimate of drug-likeness (QED) is 0.870. The lowest BCUT2D eigenvalue weighted by Gasteiger charge is -2.41. The molecule has 4 rings (SSSR count). The van der Waals surface area contributed by atoms with Crippen molar-refractivity contribution in [2.24, 2.45) is 0 Å². The molecule has 0 aromatic heterocycles. The third kappa shape index (κ3) is 2.95. The Bertz CT molecular complexity index is 954. The van der Waals surface area contributed by atoms with Crippen molar-refractivity contribution in [3.63, 3.8) is 0 Å². The van der Waals surface area contributed by atoms with E-state index in [1.54, 1.807) is 28.0 Å². The number of carbonyl (C=O) groups is 3. The average Bonchev–Trinajstić information content (AvgIpc) is 2.97. The summed E-state index contributed by atoms with van der Waals surface area (Å²) in [5.41, 5.74) is 2.63. The number of fused-ring (bicyclic) bond motifs is 5. The minimum absolute atomic E-state index is 0.0281. The lowest BCUT2D eigenvalue weighted by atomic mass is 10.0. The van der Waals surface area contributed by atoms with Crippen LogP contribution in [0.2, 0.25) is 0 Å². The number of benzene rings is 2. The molecule has 2 aromatic carbocycles. The normalized spacial score (nSPS) is 17.5. The average molecular weight is 377 g/mol. The summed E-state index contributed by atoms with van der Waals surface area (Å²) in [4.78, 5) is 41.7. The summed E-state index contributed by atoms with van der Waals surface area (Å²) in [6, 6.07) is 14.7. The summed E-state index contributed by atoms with van der Waals surface area (Å²) in [5.74, 6) is -0.228. The van der Waals surface area contributed by atoms with Crippen molar-refractivity contribution in [3.05, 3.63) is 65.2 Å². The second-order valence-electron chi connectivity index (χ2n) is 7.48. The second kappa shape index (κ2) is 7.11. The first-order valence-electron chi connectivity index (χ1n) is 9.61. The van der Waals surface area contributed by atoms with Gasteiger partial charge >= 0.3 is 0 Å². The Labute approximate surface area is 164 Å². The predicted molar refractivity (Wildman–Crippen MR) is 106 cm³/mol. The number of rotatable bonds is 5. The topological polar surface area (TPSA) is 69.7 Å². The van der Waals surface area contributed by atoms with Crippen molar-refractivity contribution in [1.29, 1.82) is 0 Å². The number of para-hydroxylation sites is 1. The molecule has 0 bridgehead atoms. The number of nitrogens with one attached hydrogen (secondary N) is 1. The molecule has 1 N–H and O–H groups in total. The zero-order chi connectivity index (χ0) is 19.8. The van der Waals surface area contributed by atoms with Crippen LogP contribution < -0.4 is 10.2 Å². The van der Waals surface area contributed by atoms with Crippen molar-refractivity contribution in [2.75, 3.05) is 11.4 Å². The highest BCUT2D eigenvalue weighted by molar-refractivity contribution is 6.16. The lowest BCUT2D eigenvalue weighted by molar-refractivity contribution is -0.121. The lowest BCUT2D eigenvalue weighted by Crippen LogP contribution is -2.48. The van der Waals surface area contributed by atoms with Crippen LogP contribution in [0.3, 0.4) is 0 Å². The molecule has 28 heavy (non-hydrogen) atoms. The maximum Gasteiger partial charge on any atom is 0.260 e.